The second-order valence-electron chi connectivity index (χ2n) is 4.23. The Hall–Kier alpha value is -0.990. The SMILES string of the molecule is COCC(F)(F)C(F)(F)C(F)F.FC(F)C(F)(F)COCC(F)(F)F. The summed E-state index contributed by atoms with van der Waals surface area (Å²) in [6.45, 7) is -5.64. The zero-order chi connectivity index (χ0) is 20.7. The van der Waals surface area contributed by atoms with E-state index in [2.05, 4.69) is 9.47 Å². The summed E-state index contributed by atoms with van der Waals surface area (Å²) in [4.78, 5) is 0. The predicted molar refractivity (Wildman–Crippen MR) is 55.6 cm³/mol. The van der Waals surface area contributed by atoms with E-state index in [1.54, 1.807) is 0 Å². The smallest absolute Gasteiger partial charge is 0.378 e. The summed E-state index contributed by atoms with van der Waals surface area (Å²) in [6.07, 6.45) is -13.2. The number of rotatable bonds is 8. The van der Waals surface area contributed by atoms with Crippen molar-refractivity contribution in [3.05, 3.63) is 0 Å². The summed E-state index contributed by atoms with van der Waals surface area (Å²) in [5.41, 5.74) is 0. The van der Waals surface area contributed by atoms with Crippen molar-refractivity contribution in [3.8, 4) is 0 Å². The number of hydrogen-bond acceptors (Lipinski definition) is 2. The molecule has 15 heteroatoms. The average Bonchev–Trinajstić information content (AvgIpc) is 2.36. The van der Waals surface area contributed by atoms with Crippen LogP contribution in [-0.2, 0) is 9.47 Å². The molecule has 0 aromatic heterocycles. The topological polar surface area (TPSA) is 18.5 Å². The molecule has 0 aliphatic carbocycles. The first kappa shape index (κ1) is 26.2. The maximum Gasteiger partial charge on any atom is 0.411 e. The van der Waals surface area contributed by atoms with E-state index in [0.29, 0.717) is 0 Å². The standard InChI is InChI=1S/C5H5F7O.C5H6F6O/c6-3(7)4(8,9)1-13-2-5(10,11)12;1-12-2-4(8,9)5(10,11)3(6)7/h3H,1-2H2;3H,2H2,1H3. The monoisotopic (exact) mass is 410 g/mol. The summed E-state index contributed by atoms with van der Waals surface area (Å²) in [5, 5.41) is 0. The average molecular weight is 410 g/mol. The molecule has 0 rings (SSSR count). The highest BCUT2D eigenvalue weighted by Gasteiger charge is 2.62. The van der Waals surface area contributed by atoms with Crippen LogP contribution in [0.15, 0.2) is 0 Å². The molecule has 0 aromatic rings. The Morgan fingerprint density at radius 2 is 1.12 bits per heavy atom. The number of hydrogen-bond donors (Lipinski definition) is 0. The molecule has 0 spiro atoms. The highest BCUT2D eigenvalue weighted by molar-refractivity contribution is 4.86. The molecule has 0 unspecified atom stereocenters. The lowest BCUT2D eigenvalue weighted by Gasteiger charge is -2.24. The number of methoxy groups -OCH3 is 1. The van der Waals surface area contributed by atoms with Gasteiger partial charge in [0.25, 0.3) is 0 Å². The van der Waals surface area contributed by atoms with Gasteiger partial charge in [-0.05, 0) is 0 Å². The van der Waals surface area contributed by atoms with Crippen molar-refractivity contribution in [2.75, 3.05) is 26.9 Å². The quantitative estimate of drug-likeness (QED) is 0.544. The number of ether oxygens (including phenoxy) is 2. The van der Waals surface area contributed by atoms with Crippen LogP contribution in [-0.4, -0.2) is 63.7 Å². The third-order valence-corrected chi connectivity index (χ3v) is 1.97. The molecular formula is C10H11F13O2. The third-order valence-electron chi connectivity index (χ3n) is 1.97. The molecule has 0 aliphatic rings. The van der Waals surface area contributed by atoms with Gasteiger partial charge in [0, 0.05) is 7.11 Å². The highest BCUT2D eigenvalue weighted by atomic mass is 19.4. The largest absolute Gasteiger partial charge is 0.411 e. The maximum atomic E-state index is 12.1. The molecule has 0 aliphatic heterocycles. The van der Waals surface area contributed by atoms with Gasteiger partial charge in [0.15, 0.2) is 0 Å². The molecule has 0 saturated carbocycles. The Balaban J connectivity index is 0. The zero-order valence-electron chi connectivity index (χ0n) is 12.0. The third kappa shape index (κ3) is 9.91. The molecule has 154 valence electrons. The lowest BCUT2D eigenvalue weighted by Crippen LogP contribution is -2.49. The van der Waals surface area contributed by atoms with Crippen LogP contribution in [0.3, 0.4) is 0 Å². The summed E-state index contributed by atoms with van der Waals surface area (Å²) >= 11 is 0. The van der Waals surface area contributed by atoms with Crippen molar-refractivity contribution in [1.29, 1.82) is 0 Å². The Morgan fingerprint density at radius 3 is 1.40 bits per heavy atom. The van der Waals surface area contributed by atoms with E-state index in [0.717, 1.165) is 7.11 Å². The van der Waals surface area contributed by atoms with Crippen LogP contribution >= 0.6 is 0 Å². The number of halogens is 13. The van der Waals surface area contributed by atoms with Gasteiger partial charge < -0.3 is 9.47 Å². The highest BCUT2D eigenvalue weighted by Crippen LogP contribution is 2.39. The molecule has 0 amide bonds. The van der Waals surface area contributed by atoms with Crippen LogP contribution in [0, 0.1) is 0 Å². The molecule has 0 radical (unpaired) electrons. The van der Waals surface area contributed by atoms with Gasteiger partial charge in [-0.15, -0.1) is 0 Å². The molecule has 0 N–H and O–H groups in total. The fourth-order valence-corrected chi connectivity index (χ4v) is 0.803. The Bertz CT molecular complexity index is 366. The van der Waals surface area contributed by atoms with Gasteiger partial charge in [0.05, 0.1) is 0 Å². The van der Waals surface area contributed by atoms with Crippen molar-refractivity contribution in [2.45, 2.75) is 36.8 Å². The second-order valence-corrected chi connectivity index (χ2v) is 4.23. The van der Waals surface area contributed by atoms with Crippen molar-refractivity contribution in [1.82, 2.24) is 0 Å². The first-order chi connectivity index (χ1) is 10.9. The first-order valence-electron chi connectivity index (χ1n) is 5.74. The maximum absolute atomic E-state index is 12.1. The van der Waals surface area contributed by atoms with E-state index >= 15 is 0 Å². The molecule has 0 fully saturated rings. The van der Waals surface area contributed by atoms with Crippen LogP contribution in [0.25, 0.3) is 0 Å². The molecular weight excluding hydrogens is 399 g/mol. The zero-order valence-corrected chi connectivity index (χ0v) is 12.0. The van der Waals surface area contributed by atoms with Crippen molar-refractivity contribution in [3.63, 3.8) is 0 Å². The summed E-state index contributed by atoms with van der Waals surface area (Å²) in [5.74, 6) is -14.7. The fraction of sp³-hybridized carbons (Fsp3) is 1.00. The lowest BCUT2D eigenvalue weighted by molar-refractivity contribution is -0.276. The van der Waals surface area contributed by atoms with E-state index in [1.165, 1.54) is 0 Å². The van der Waals surface area contributed by atoms with Gasteiger partial charge >= 0.3 is 36.8 Å². The molecule has 25 heavy (non-hydrogen) atoms. The summed E-state index contributed by atoms with van der Waals surface area (Å²) in [6, 6.07) is 0. The van der Waals surface area contributed by atoms with Gasteiger partial charge in [-0.1, -0.05) is 0 Å². The van der Waals surface area contributed by atoms with E-state index < -0.39 is 56.6 Å². The van der Waals surface area contributed by atoms with Crippen molar-refractivity contribution < 1.29 is 66.5 Å². The van der Waals surface area contributed by atoms with E-state index in [1.807, 2.05) is 0 Å². The van der Waals surface area contributed by atoms with Crippen LogP contribution in [0.1, 0.15) is 0 Å². The minimum Gasteiger partial charge on any atom is -0.378 e. The Labute approximate surface area is 131 Å². The lowest BCUT2D eigenvalue weighted by atomic mass is 10.2. The Kier molecular flexibility index (Phi) is 10.1. The van der Waals surface area contributed by atoms with Gasteiger partial charge in [0.1, 0.15) is 19.8 Å². The van der Waals surface area contributed by atoms with Crippen molar-refractivity contribution >= 4 is 0 Å². The second kappa shape index (κ2) is 9.64. The van der Waals surface area contributed by atoms with Crippen molar-refractivity contribution in [2.24, 2.45) is 0 Å². The Morgan fingerprint density at radius 1 is 0.680 bits per heavy atom. The summed E-state index contributed by atoms with van der Waals surface area (Å²) < 4.78 is 158. The molecule has 0 atom stereocenters. The van der Waals surface area contributed by atoms with Gasteiger partial charge in [-0.3, -0.25) is 0 Å². The molecule has 0 bridgehead atoms. The van der Waals surface area contributed by atoms with Crippen LogP contribution in [0.4, 0.5) is 57.1 Å². The molecule has 2 nitrogen and oxygen atoms in total. The van der Waals surface area contributed by atoms with E-state index in [4.69, 9.17) is 0 Å². The minimum absolute atomic E-state index is 0.718. The molecule has 0 aromatic carbocycles. The van der Waals surface area contributed by atoms with Gasteiger partial charge in [-0.25, -0.2) is 17.6 Å². The predicted octanol–water partition coefficient (Wildman–Crippen LogP) is 4.63. The molecule has 0 heterocycles. The van der Waals surface area contributed by atoms with E-state index in [-0.39, 0.29) is 0 Å². The van der Waals surface area contributed by atoms with Crippen LogP contribution in [0.5, 0.6) is 0 Å². The van der Waals surface area contributed by atoms with Crippen LogP contribution < -0.4 is 0 Å². The summed E-state index contributed by atoms with van der Waals surface area (Å²) in [7, 11) is 0.718. The number of alkyl halides is 13. The van der Waals surface area contributed by atoms with Gasteiger partial charge in [-0.2, -0.15) is 39.5 Å². The van der Waals surface area contributed by atoms with Gasteiger partial charge in [0.2, 0.25) is 0 Å². The fourth-order valence-electron chi connectivity index (χ4n) is 0.803. The molecule has 0 saturated heterocycles. The first-order valence-corrected chi connectivity index (χ1v) is 5.74. The van der Waals surface area contributed by atoms with E-state index in [9.17, 15) is 57.1 Å². The normalized spacial score (nSPS) is 13.9. The van der Waals surface area contributed by atoms with Crippen LogP contribution in [0.2, 0.25) is 0 Å². The minimum atomic E-state index is -5.34.